The van der Waals surface area contributed by atoms with Crippen LogP contribution >= 0.6 is 33.9 Å². The molecule has 3 heteroatoms. The second-order valence-electron chi connectivity index (χ2n) is 4.63. The van der Waals surface area contributed by atoms with Crippen LogP contribution in [0.15, 0.2) is 41.8 Å². The van der Waals surface area contributed by atoms with Crippen molar-refractivity contribution >= 4 is 33.9 Å². The maximum Gasteiger partial charge on any atom is 0.0656 e. The fraction of sp³-hybridized carbons (Fsp3) is 0.286. The maximum absolute atomic E-state index is 6.34. The predicted octanol–water partition coefficient (Wildman–Crippen LogP) is 4.16. The Bertz CT molecular complexity index is 508. The largest absolute Gasteiger partial charge is 0.324 e. The Hall–Kier alpha value is -0.390. The lowest BCUT2D eigenvalue weighted by Crippen LogP contribution is -2.12. The molecule has 1 aromatic heterocycles. The highest BCUT2D eigenvalue weighted by atomic mass is 127. The molecule has 0 aliphatic heterocycles. The van der Waals surface area contributed by atoms with E-state index in [0.29, 0.717) is 11.8 Å². The molecule has 1 heterocycles. The van der Waals surface area contributed by atoms with E-state index in [1.54, 1.807) is 11.3 Å². The summed E-state index contributed by atoms with van der Waals surface area (Å²) >= 11 is 4.14. The van der Waals surface area contributed by atoms with Crippen molar-refractivity contribution in [2.45, 2.75) is 18.4 Å². The third kappa shape index (κ3) is 2.41. The van der Waals surface area contributed by atoms with E-state index >= 15 is 0 Å². The second kappa shape index (κ2) is 4.71. The van der Waals surface area contributed by atoms with Gasteiger partial charge in [0, 0.05) is 6.04 Å². The van der Waals surface area contributed by atoms with Crippen molar-refractivity contribution < 1.29 is 0 Å². The van der Waals surface area contributed by atoms with Crippen LogP contribution in [0.1, 0.15) is 29.5 Å². The first-order chi connectivity index (χ1) is 8.25. The van der Waals surface area contributed by atoms with Crippen LogP contribution in [0.4, 0.5) is 0 Å². The third-order valence-corrected chi connectivity index (χ3v) is 5.31. The van der Waals surface area contributed by atoms with Crippen LogP contribution in [-0.2, 0) is 0 Å². The molecule has 0 radical (unpaired) electrons. The first-order valence-corrected chi connectivity index (χ1v) is 7.76. The minimum absolute atomic E-state index is 0.208. The van der Waals surface area contributed by atoms with Gasteiger partial charge in [0.2, 0.25) is 0 Å². The van der Waals surface area contributed by atoms with Crippen LogP contribution in [0.2, 0.25) is 0 Å². The summed E-state index contributed by atoms with van der Waals surface area (Å²) in [5.41, 5.74) is 9.10. The monoisotopic (exact) mass is 355 g/mol. The summed E-state index contributed by atoms with van der Waals surface area (Å²) in [6.07, 6.45) is 1.23. The van der Waals surface area contributed by atoms with E-state index in [1.165, 1.54) is 20.4 Å². The first kappa shape index (κ1) is 11.7. The SMILES string of the molecule is NC(c1csc(I)c1)C1CC1c1ccccc1. The van der Waals surface area contributed by atoms with Crippen LogP contribution < -0.4 is 5.73 Å². The van der Waals surface area contributed by atoms with Gasteiger partial charge in [0.15, 0.2) is 0 Å². The third-order valence-electron chi connectivity index (χ3n) is 3.50. The quantitative estimate of drug-likeness (QED) is 0.823. The first-order valence-electron chi connectivity index (χ1n) is 5.80. The molecule has 17 heavy (non-hydrogen) atoms. The summed E-state index contributed by atoms with van der Waals surface area (Å²) in [5, 5.41) is 2.20. The highest BCUT2D eigenvalue weighted by Crippen LogP contribution is 2.53. The van der Waals surface area contributed by atoms with E-state index in [9.17, 15) is 0 Å². The van der Waals surface area contributed by atoms with E-state index in [0.717, 1.165) is 0 Å². The molecule has 1 fully saturated rings. The van der Waals surface area contributed by atoms with Gasteiger partial charge in [-0.3, -0.25) is 0 Å². The zero-order chi connectivity index (χ0) is 11.8. The summed E-state index contributed by atoms with van der Waals surface area (Å²) in [6, 6.07) is 13.2. The summed E-state index contributed by atoms with van der Waals surface area (Å²) < 4.78 is 1.32. The number of thiophene rings is 1. The Labute approximate surface area is 119 Å². The number of hydrogen-bond donors (Lipinski definition) is 1. The lowest BCUT2D eigenvalue weighted by molar-refractivity contribution is 0.617. The molecule has 3 unspecified atom stereocenters. The molecule has 2 N–H and O–H groups in total. The Morgan fingerprint density at radius 2 is 2.06 bits per heavy atom. The van der Waals surface area contributed by atoms with Crippen LogP contribution in [0, 0.1) is 8.80 Å². The molecule has 0 spiro atoms. The van der Waals surface area contributed by atoms with Crippen molar-refractivity contribution in [3.63, 3.8) is 0 Å². The highest BCUT2D eigenvalue weighted by molar-refractivity contribution is 14.1. The molecule has 3 rings (SSSR count). The molecule has 1 aliphatic carbocycles. The number of rotatable bonds is 3. The Morgan fingerprint density at radius 3 is 2.71 bits per heavy atom. The van der Waals surface area contributed by atoms with E-state index < -0.39 is 0 Å². The van der Waals surface area contributed by atoms with Crippen molar-refractivity contribution in [1.29, 1.82) is 0 Å². The number of halogens is 1. The maximum atomic E-state index is 6.34. The lowest BCUT2D eigenvalue weighted by Gasteiger charge is -2.09. The van der Waals surface area contributed by atoms with Crippen molar-refractivity contribution in [2.75, 3.05) is 0 Å². The van der Waals surface area contributed by atoms with Crippen LogP contribution in [-0.4, -0.2) is 0 Å². The molecule has 1 aromatic carbocycles. The second-order valence-corrected chi connectivity index (χ2v) is 7.43. The van der Waals surface area contributed by atoms with Gasteiger partial charge in [0.1, 0.15) is 0 Å². The average molecular weight is 355 g/mol. The van der Waals surface area contributed by atoms with E-state index in [2.05, 4.69) is 64.4 Å². The normalized spacial score (nSPS) is 24.6. The molecule has 3 atom stereocenters. The Morgan fingerprint density at radius 1 is 1.29 bits per heavy atom. The standard InChI is InChI=1S/C14H14INS/c15-13-6-10(8-17-13)14(16)12-7-11(12)9-4-2-1-3-5-9/h1-6,8,11-12,14H,7,16H2. The summed E-state index contributed by atoms with van der Waals surface area (Å²) in [4.78, 5) is 0. The smallest absolute Gasteiger partial charge is 0.0656 e. The van der Waals surface area contributed by atoms with Crippen molar-refractivity contribution in [2.24, 2.45) is 11.7 Å². The van der Waals surface area contributed by atoms with Gasteiger partial charge in [-0.25, -0.2) is 0 Å². The van der Waals surface area contributed by atoms with Gasteiger partial charge in [-0.2, -0.15) is 0 Å². The van der Waals surface area contributed by atoms with E-state index in [4.69, 9.17) is 5.73 Å². The highest BCUT2D eigenvalue weighted by Gasteiger charge is 2.42. The Kier molecular flexibility index (Phi) is 3.23. The number of nitrogens with two attached hydrogens (primary N) is 1. The van der Waals surface area contributed by atoms with Gasteiger partial charge in [0.25, 0.3) is 0 Å². The summed E-state index contributed by atoms with van der Waals surface area (Å²) in [6.45, 7) is 0. The lowest BCUT2D eigenvalue weighted by atomic mass is 10.0. The van der Waals surface area contributed by atoms with Gasteiger partial charge in [0.05, 0.1) is 2.88 Å². The Balaban J connectivity index is 1.73. The van der Waals surface area contributed by atoms with Crippen LogP contribution in [0.5, 0.6) is 0 Å². The molecular formula is C14H14INS. The summed E-state index contributed by atoms with van der Waals surface area (Å²) in [5.74, 6) is 1.30. The molecule has 1 aliphatic rings. The van der Waals surface area contributed by atoms with Crippen LogP contribution in [0.25, 0.3) is 0 Å². The van der Waals surface area contributed by atoms with Gasteiger partial charge in [-0.15, -0.1) is 11.3 Å². The minimum atomic E-state index is 0.208. The molecule has 1 nitrogen and oxygen atoms in total. The van der Waals surface area contributed by atoms with Crippen molar-refractivity contribution in [3.8, 4) is 0 Å². The molecule has 2 aromatic rings. The predicted molar refractivity (Wildman–Crippen MR) is 81.3 cm³/mol. The average Bonchev–Trinajstić information content (AvgIpc) is 3.05. The van der Waals surface area contributed by atoms with Gasteiger partial charge >= 0.3 is 0 Å². The van der Waals surface area contributed by atoms with Crippen molar-refractivity contribution in [1.82, 2.24) is 0 Å². The van der Waals surface area contributed by atoms with Crippen molar-refractivity contribution in [3.05, 3.63) is 55.8 Å². The zero-order valence-electron chi connectivity index (χ0n) is 9.34. The van der Waals surface area contributed by atoms with Gasteiger partial charge in [-0.05, 0) is 63.4 Å². The molecular weight excluding hydrogens is 341 g/mol. The fourth-order valence-corrected chi connectivity index (χ4v) is 3.86. The van der Waals surface area contributed by atoms with Gasteiger partial charge in [-0.1, -0.05) is 30.3 Å². The molecule has 0 saturated heterocycles. The van der Waals surface area contributed by atoms with E-state index in [1.807, 2.05) is 0 Å². The van der Waals surface area contributed by atoms with Gasteiger partial charge < -0.3 is 5.73 Å². The molecule has 88 valence electrons. The zero-order valence-corrected chi connectivity index (χ0v) is 12.3. The van der Waals surface area contributed by atoms with Crippen LogP contribution in [0.3, 0.4) is 0 Å². The van der Waals surface area contributed by atoms with E-state index in [-0.39, 0.29) is 6.04 Å². The summed E-state index contributed by atoms with van der Waals surface area (Å²) in [7, 11) is 0. The fourth-order valence-electron chi connectivity index (χ4n) is 2.44. The molecule has 0 bridgehead atoms. The molecule has 0 amide bonds. The number of hydrogen-bond acceptors (Lipinski definition) is 2. The minimum Gasteiger partial charge on any atom is -0.324 e. The number of benzene rings is 1. The topological polar surface area (TPSA) is 26.0 Å². The molecule has 1 saturated carbocycles.